The van der Waals surface area contributed by atoms with Crippen LogP contribution in [0.3, 0.4) is 0 Å². The number of rotatable bonds is 2. The van der Waals surface area contributed by atoms with Gasteiger partial charge in [-0.05, 0) is 42.6 Å². The fourth-order valence-electron chi connectivity index (χ4n) is 1.26. The highest BCUT2D eigenvalue weighted by atomic mass is 35.5. The predicted molar refractivity (Wildman–Crippen MR) is 55.3 cm³/mol. The van der Waals surface area contributed by atoms with Crippen LogP contribution in [-0.2, 0) is 0 Å². The van der Waals surface area contributed by atoms with Crippen molar-refractivity contribution in [1.82, 2.24) is 0 Å². The van der Waals surface area contributed by atoms with Gasteiger partial charge in [0.2, 0.25) is 0 Å². The first kappa shape index (κ1) is 10.4. The average Bonchev–Trinajstić information content (AvgIpc) is 2.10. The highest BCUT2D eigenvalue weighted by Gasteiger charge is 2.11. The van der Waals surface area contributed by atoms with E-state index in [4.69, 9.17) is 17.3 Å². The molecule has 0 radical (unpaired) electrons. The molecular formula is C10H14ClNO. The molecule has 3 heteroatoms. The van der Waals surface area contributed by atoms with Crippen LogP contribution in [0.4, 0.5) is 0 Å². The van der Waals surface area contributed by atoms with Crippen molar-refractivity contribution in [2.45, 2.75) is 19.8 Å². The molecule has 0 bridgehead atoms. The summed E-state index contributed by atoms with van der Waals surface area (Å²) in [6, 6.07) is 3.51. The van der Waals surface area contributed by atoms with E-state index < -0.39 is 0 Å². The Kier molecular flexibility index (Phi) is 3.17. The third-order valence-corrected chi connectivity index (χ3v) is 2.40. The molecule has 2 nitrogen and oxygen atoms in total. The molecule has 0 aliphatic rings. The molecule has 0 heterocycles. The summed E-state index contributed by atoms with van der Waals surface area (Å²) in [5.74, 6) is 0.444. The van der Waals surface area contributed by atoms with E-state index in [2.05, 4.69) is 0 Å². The maximum absolute atomic E-state index is 9.71. The zero-order valence-electron chi connectivity index (χ0n) is 7.84. The maximum atomic E-state index is 9.71. The SMILES string of the molecule is Cc1cc(Cl)cc(C(C)CN)c1O. The second-order valence-corrected chi connectivity index (χ2v) is 3.73. The molecule has 1 rings (SSSR count). The Morgan fingerprint density at radius 2 is 2.15 bits per heavy atom. The molecule has 0 fully saturated rings. The molecule has 1 aromatic carbocycles. The Morgan fingerprint density at radius 1 is 1.54 bits per heavy atom. The Labute approximate surface area is 83.3 Å². The lowest BCUT2D eigenvalue weighted by molar-refractivity contribution is 0.459. The van der Waals surface area contributed by atoms with Crippen LogP contribution < -0.4 is 5.73 Å². The Hall–Kier alpha value is -0.730. The predicted octanol–water partition coefficient (Wildman–Crippen LogP) is 2.42. The Morgan fingerprint density at radius 3 is 2.69 bits per heavy atom. The lowest BCUT2D eigenvalue weighted by Crippen LogP contribution is -2.09. The van der Waals surface area contributed by atoms with Crippen molar-refractivity contribution < 1.29 is 5.11 Å². The molecule has 0 saturated carbocycles. The summed E-state index contributed by atoms with van der Waals surface area (Å²) in [5.41, 5.74) is 7.14. The average molecular weight is 200 g/mol. The minimum Gasteiger partial charge on any atom is -0.507 e. The molecule has 72 valence electrons. The summed E-state index contributed by atoms with van der Waals surface area (Å²) in [4.78, 5) is 0. The number of hydrogen-bond acceptors (Lipinski definition) is 2. The first-order valence-electron chi connectivity index (χ1n) is 4.25. The number of hydrogen-bond donors (Lipinski definition) is 2. The number of nitrogens with two attached hydrogens (primary N) is 1. The minimum atomic E-state index is 0.136. The lowest BCUT2D eigenvalue weighted by atomic mass is 9.98. The number of phenols is 1. The minimum absolute atomic E-state index is 0.136. The van der Waals surface area contributed by atoms with Gasteiger partial charge in [-0.2, -0.15) is 0 Å². The van der Waals surface area contributed by atoms with E-state index in [0.29, 0.717) is 17.3 Å². The van der Waals surface area contributed by atoms with Crippen LogP contribution in [-0.4, -0.2) is 11.7 Å². The van der Waals surface area contributed by atoms with E-state index in [1.165, 1.54) is 0 Å². The summed E-state index contributed by atoms with van der Waals surface area (Å²) in [7, 11) is 0. The molecule has 0 spiro atoms. The normalized spacial score (nSPS) is 12.9. The molecule has 0 aromatic heterocycles. The molecule has 1 atom stereocenters. The third-order valence-electron chi connectivity index (χ3n) is 2.18. The van der Waals surface area contributed by atoms with Gasteiger partial charge in [0, 0.05) is 5.02 Å². The van der Waals surface area contributed by atoms with Gasteiger partial charge in [0.1, 0.15) is 5.75 Å². The van der Waals surface area contributed by atoms with Crippen LogP contribution in [0.5, 0.6) is 5.75 Å². The van der Waals surface area contributed by atoms with Gasteiger partial charge >= 0.3 is 0 Å². The van der Waals surface area contributed by atoms with Crippen LogP contribution in [0.2, 0.25) is 5.02 Å². The largest absolute Gasteiger partial charge is 0.507 e. The first-order valence-corrected chi connectivity index (χ1v) is 4.63. The summed E-state index contributed by atoms with van der Waals surface area (Å²) in [6.45, 7) is 4.30. The number of aryl methyl sites for hydroxylation is 1. The number of phenolic OH excluding ortho intramolecular Hbond substituents is 1. The van der Waals surface area contributed by atoms with Crippen LogP contribution in [0.15, 0.2) is 12.1 Å². The zero-order valence-corrected chi connectivity index (χ0v) is 8.60. The van der Waals surface area contributed by atoms with E-state index in [0.717, 1.165) is 11.1 Å². The molecule has 3 N–H and O–H groups in total. The summed E-state index contributed by atoms with van der Waals surface area (Å²) in [6.07, 6.45) is 0. The fraction of sp³-hybridized carbons (Fsp3) is 0.400. The van der Waals surface area contributed by atoms with E-state index in [-0.39, 0.29) is 5.92 Å². The van der Waals surface area contributed by atoms with Gasteiger partial charge < -0.3 is 10.8 Å². The number of benzene rings is 1. The van der Waals surface area contributed by atoms with Crippen molar-refractivity contribution in [3.05, 3.63) is 28.3 Å². The number of aromatic hydroxyl groups is 1. The second-order valence-electron chi connectivity index (χ2n) is 3.30. The Bertz CT molecular complexity index is 312. The molecule has 0 saturated heterocycles. The number of halogens is 1. The zero-order chi connectivity index (χ0) is 10.0. The van der Waals surface area contributed by atoms with Crippen molar-refractivity contribution in [3.8, 4) is 5.75 Å². The Balaban J connectivity index is 3.20. The van der Waals surface area contributed by atoms with Crippen LogP contribution >= 0.6 is 11.6 Å². The molecular weight excluding hydrogens is 186 g/mol. The van der Waals surface area contributed by atoms with Crippen LogP contribution in [0, 0.1) is 6.92 Å². The topological polar surface area (TPSA) is 46.2 Å². The molecule has 0 aliphatic carbocycles. The fourth-order valence-corrected chi connectivity index (χ4v) is 1.55. The highest BCUT2D eigenvalue weighted by molar-refractivity contribution is 6.30. The molecule has 1 unspecified atom stereocenters. The van der Waals surface area contributed by atoms with E-state index in [9.17, 15) is 5.11 Å². The van der Waals surface area contributed by atoms with Crippen molar-refractivity contribution >= 4 is 11.6 Å². The quantitative estimate of drug-likeness (QED) is 0.769. The molecule has 1 aromatic rings. The smallest absolute Gasteiger partial charge is 0.122 e. The van der Waals surface area contributed by atoms with Crippen molar-refractivity contribution in [2.24, 2.45) is 5.73 Å². The van der Waals surface area contributed by atoms with Crippen LogP contribution in [0.1, 0.15) is 24.0 Å². The van der Waals surface area contributed by atoms with E-state index in [1.807, 2.05) is 13.8 Å². The van der Waals surface area contributed by atoms with Gasteiger partial charge in [0.15, 0.2) is 0 Å². The van der Waals surface area contributed by atoms with Crippen molar-refractivity contribution in [1.29, 1.82) is 0 Å². The monoisotopic (exact) mass is 199 g/mol. The standard InChI is InChI=1S/C10H14ClNO/c1-6-3-8(11)4-9(10(6)13)7(2)5-12/h3-4,7,13H,5,12H2,1-2H3. The van der Waals surface area contributed by atoms with Gasteiger partial charge in [0.25, 0.3) is 0 Å². The van der Waals surface area contributed by atoms with Gasteiger partial charge in [-0.15, -0.1) is 0 Å². The lowest BCUT2D eigenvalue weighted by Gasteiger charge is -2.13. The van der Waals surface area contributed by atoms with Gasteiger partial charge in [0.05, 0.1) is 0 Å². The second kappa shape index (κ2) is 3.99. The van der Waals surface area contributed by atoms with Gasteiger partial charge in [-0.3, -0.25) is 0 Å². The molecule has 0 amide bonds. The third kappa shape index (κ3) is 2.14. The van der Waals surface area contributed by atoms with Gasteiger partial charge in [-0.25, -0.2) is 0 Å². The van der Waals surface area contributed by atoms with E-state index in [1.54, 1.807) is 12.1 Å². The van der Waals surface area contributed by atoms with Crippen LogP contribution in [0.25, 0.3) is 0 Å². The summed E-state index contributed by atoms with van der Waals surface area (Å²) in [5, 5.41) is 10.4. The maximum Gasteiger partial charge on any atom is 0.122 e. The van der Waals surface area contributed by atoms with Crippen molar-refractivity contribution in [2.75, 3.05) is 6.54 Å². The molecule has 13 heavy (non-hydrogen) atoms. The van der Waals surface area contributed by atoms with E-state index >= 15 is 0 Å². The van der Waals surface area contributed by atoms with Crippen molar-refractivity contribution in [3.63, 3.8) is 0 Å². The molecule has 0 aliphatic heterocycles. The highest BCUT2D eigenvalue weighted by Crippen LogP contribution is 2.31. The summed E-state index contributed by atoms with van der Waals surface area (Å²) < 4.78 is 0. The first-order chi connectivity index (χ1) is 6.06. The van der Waals surface area contributed by atoms with Gasteiger partial charge in [-0.1, -0.05) is 18.5 Å². The summed E-state index contributed by atoms with van der Waals surface area (Å²) >= 11 is 5.87.